The first kappa shape index (κ1) is 26.8. The third-order valence-corrected chi connectivity index (χ3v) is 6.06. The second kappa shape index (κ2) is 10.6. The van der Waals surface area contributed by atoms with Crippen molar-refractivity contribution in [2.24, 2.45) is 0 Å². The van der Waals surface area contributed by atoms with Crippen molar-refractivity contribution in [3.05, 3.63) is 101 Å². The summed E-state index contributed by atoms with van der Waals surface area (Å²) >= 11 is 0. The molecule has 0 saturated carbocycles. The summed E-state index contributed by atoms with van der Waals surface area (Å²) in [4.78, 5) is 27.7. The Balaban J connectivity index is 1.83. The number of hydrogen-bond donors (Lipinski definition) is 1. The summed E-state index contributed by atoms with van der Waals surface area (Å²) in [6, 6.07) is 16.6. The Hall–Kier alpha value is -4.27. The molecular formula is C29H26F3NO5. The lowest BCUT2D eigenvalue weighted by Gasteiger charge is -2.26. The van der Waals surface area contributed by atoms with Crippen LogP contribution in [-0.2, 0) is 22.3 Å². The van der Waals surface area contributed by atoms with Gasteiger partial charge in [-0.1, -0.05) is 36.4 Å². The first-order valence-corrected chi connectivity index (χ1v) is 11.8. The Bertz CT molecular complexity index is 1380. The lowest BCUT2D eigenvalue weighted by atomic mass is 9.95. The van der Waals surface area contributed by atoms with Gasteiger partial charge in [0.2, 0.25) is 0 Å². The van der Waals surface area contributed by atoms with Gasteiger partial charge in [-0.05, 0) is 61.4 Å². The molecule has 1 atom stereocenters. The number of amides is 1. The van der Waals surface area contributed by atoms with Crippen LogP contribution in [0.4, 0.5) is 13.2 Å². The normalized spacial score (nSPS) is 17.2. The third-order valence-electron chi connectivity index (χ3n) is 6.06. The molecule has 1 saturated heterocycles. The molecule has 0 aromatic heterocycles. The van der Waals surface area contributed by atoms with Gasteiger partial charge in [-0.15, -0.1) is 0 Å². The van der Waals surface area contributed by atoms with E-state index >= 15 is 0 Å². The van der Waals surface area contributed by atoms with Gasteiger partial charge in [-0.2, -0.15) is 13.2 Å². The van der Waals surface area contributed by atoms with E-state index in [-0.39, 0.29) is 29.3 Å². The van der Waals surface area contributed by atoms with E-state index in [0.29, 0.717) is 17.1 Å². The van der Waals surface area contributed by atoms with Crippen molar-refractivity contribution in [2.45, 2.75) is 38.7 Å². The maximum atomic E-state index is 13.3. The fourth-order valence-electron chi connectivity index (χ4n) is 4.36. The van der Waals surface area contributed by atoms with Gasteiger partial charge in [-0.25, -0.2) is 0 Å². The quantitative estimate of drug-likeness (QED) is 0.228. The predicted molar refractivity (Wildman–Crippen MR) is 134 cm³/mol. The summed E-state index contributed by atoms with van der Waals surface area (Å²) in [5.74, 6) is -1.29. The van der Waals surface area contributed by atoms with Gasteiger partial charge < -0.3 is 19.5 Å². The number of carbonyl (C=O) groups is 2. The summed E-state index contributed by atoms with van der Waals surface area (Å²) in [6.45, 7) is 3.41. The summed E-state index contributed by atoms with van der Waals surface area (Å²) < 4.78 is 50.8. The number of Topliss-reactive ketones (excluding diaryl/α,β-unsaturated/α-hetero) is 1. The van der Waals surface area contributed by atoms with Crippen molar-refractivity contribution in [2.75, 3.05) is 7.11 Å². The van der Waals surface area contributed by atoms with Gasteiger partial charge in [0, 0.05) is 12.1 Å². The van der Waals surface area contributed by atoms with Crippen molar-refractivity contribution < 1.29 is 37.3 Å². The van der Waals surface area contributed by atoms with Crippen LogP contribution < -0.4 is 9.47 Å². The Morgan fingerprint density at radius 1 is 0.974 bits per heavy atom. The van der Waals surface area contributed by atoms with Crippen molar-refractivity contribution in [1.82, 2.24) is 4.90 Å². The molecule has 0 aliphatic carbocycles. The van der Waals surface area contributed by atoms with Crippen LogP contribution in [0.3, 0.4) is 0 Å². The van der Waals surface area contributed by atoms with Crippen LogP contribution in [0, 0.1) is 0 Å². The molecule has 1 fully saturated rings. The minimum absolute atomic E-state index is 0.135. The molecule has 9 heteroatoms. The highest BCUT2D eigenvalue weighted by molar-refractivity contribution is 6.46. The highest BCUT2D eigenvalue weighted by Crippen LogP contribution is 2.41. The number of ether oxygens (including phenoxy) is 2. The van der Waals surface area contributed by atoms with Crippen LogP contribution in [0.5, 0.6) is 11.5 Å². The van der Waals surface area contributed by atoms with Crippen LogP contribution in [0.25, 0.3) is 5.76 Å². The molecule has 4 rings (SSSR count). The van der Waals surface area contributed by atoms with Crippen LogP contribution in [0.15, 0.2) is 78.4 Å². The van der Waals surface area contributed by atoms with E-state index in [0.717, 1.165) is 12.1 Å². The van der Waals surface area contributed by atoms with Gasteiger partial charge in [-0.3, -0.25) is 9.59 Å². The number of hydrogen-bond acceptors (Lipinski definition) is 5. The summed E-state index contributed by atoms with van der Waals surface area (Å²) in [5.41, 5.74) is -0.109. The van der Waals surface area contributed by atoms with Gasteiger partial charge in [0.15, 0.2) is 0 Å². The molecule has 0 radical (unpaired) electrons. The van der Waals surface area contributed by atoms with Crippen LogP contribution in [0.2, 0.25) is 0 Å². The number of benzene rings is 3. The minimum atomic E-state index is -4.57. The summed E-state index contributed by atoms with van der Waals surface area (Å²) in [6.07, 6.45) is -4.70. The Morgan fingerprint density at radius 2 is 1.66 bits per heavy atom. The Labute approximate surface area is 217 Å². The molecule has 38 heavy (non-hydrogen) atoms. The molecule has 1 unspecified atom stereocenters. The second-order valence-electron chi connectivity index (χ2n) is 9.09. The van der Waals surface area contributed by atoms with Crippen molar-refractivity contribution >= 4 is 17.4 Å². The molecule has 1 amide bonds. The number of halogens is 3. The molecular weight excluding hydrogens is 499 g/mol. The fourth-order valence-corrected chi connectivity index (χ4v) is 4.36. The van der Waals surface area contributed by atoms with E-state index in [1.54, 1.807) is 48.5 Å². The second-order valence-corrected chi connectivity index (χ2v) is 9.09. The highest BCUT2D eigenvalue weighted by atomic mass is 19.4. The molecule has 1 heterocycles. The smallest absolute Gasteiger partial charge is 0.416 e. The van der Waals surface area contributed by atoms with E-state index < -0.39 is 35.2 Å². The average Bonchev–Trinajstić information content (AvgIpc) is 3.12. The van der Waals surface area contributed by atoms with Crippen molar-refractivity contribution in [1.29, 1.82) is 0 Å². The first-order chi connectivity index (χ1) is 18.0. The number of likely N-dealkylation sites (tertiary alicyclic amines) is 1. The van der Waals surface area contributed by atoms with Gasteiger partial charge in [0.05, 0.1) is 30.4 Å². The average molecular weight is 526 g/mol. The molecule has 1 aliphatic heterocycles. The lowest BCUT2D eigenvalue weighted by Crippen LogP contribution is -2.29. The summed E-state index contributed by atoms with van der Waals surface area (Å²) in [5, 5.41) is 11.3. The third kappa shape index (κ3) is 5.51. The molecule has 1 N–H and O–H groups in total. The SMILES string of the molecule is COc1ccc(C2/C(=C(\O)c3cccc(OC(C)C)c3)C(=O)C(=O)N2Cc2cccc(C(F)(F)F)c2)cc1. The molecule has 0 bridgehead atoms. The fraction of sp³-hybridized carbons (Fsp3) is 0.241. The van der Waals surface area contributed by atoms with E-state index in [1.165, 1.54) is 24.1 Å². The number of aliphatic hydroxyl groups is 1. The monoisotopic (exact) mass is 525 g/mol. The predicted octanol–water partition coefficient (Wildman–Crippen LogP) is 6.12. The summed E-state index contributed by atoms with van der Waals surface area (Å²) in [7, 11) is 1.49. The zero-order chi connectivity index (χ0) is 27.6. The van der Waals surface area contributed by atoms with Crippen molar-refractivity contribution in [3.8, 4) is 11.5 Å². The molecule has 3 aromatic rings. The van der Waals surface area contributed by atoms with Gasteiger partial charge in [0.1, 0.15) is 17.3 Å². The Morgan fingerprint density at radius 3 is 2.29 bits per heavy atom. The number of alkyl halides is 3. The van der Waals surface area contributed by atoms with E-state index in [1.807, 2.05) is 13.8 Å². The molecule has 3 aromatic carbocycles. The number of carbonyl (C=O) groups excluding carboxylic acids is 2. The maximum absolute atomic E-state index is 13.3. The molecule has 1 aliphatic rings. The van der Waals surface area contributed by atoms with Crippen molar-refractivity contribution in [3.63, 3.8) is 0 Å². The number of ketones is 1. The van der Waals surface area contributed by atoms with E-state index in [9.17, 15) is 27.9 Å². The van der Waals surface area contributed by atoms with E-state index in [2.05, 4.69) is 0 Å². The van der Waals surface area contributed by atoms with Gasteiger partial charge in [0.25, 0.3) is 11.7 Å². The minimum Gasteiger partial charge on any atom is -0.507 e. The topological polar surface area (TPSA) is 76.1 Å². The number of nitrogens with zero attached hydrogens (tertiary/aromatic N) is 1. The van der Waals surface area contributed by atoms with E-state index in [4.69, 9.17) is 9.47 Å². The van der Waals surface area contributed by atoms with Gasteiger partial charge >= 0.3 is 6.18 Å². The zero-order valence-corrected chi connectivity index (χ0v) is 21.0. The number of rotatable bonds is 7. The molecule has 0 spiro atoms. The largest absolute Gasteiger partial charge is 0.507 e. The zero-order valence-electron chi connectivity index (χ0n) is 21.0. The molecule has 198 valence electrons. The number of methoxy groups -OCH3 is 1. The van der Waals surface area contributed by atoms with Crippen LogP contribution in [-0.4, -0.2) is 34.9 Å². The highest BCUT2D eigenvalue weighted by Gasteiger charge is 2.46. The van der Waals surface area contributed by atoms with Crippen LogP contribution >= 0.6 is 0 Å². The Kier molecular flexibility index (Phi) is 7.48. The standard InChI is InChI=1S/C29H26F3NO5/c1-17(2)38-23-9-5-7-20(15-23)26(34)24-25(19-10-12-22(37-3)13-11-19)33(28(36)27(24)35)16-18-6-4-8-21(14-18)29(30,31)32/h4-15,17,25,34H,16H2,1-3H3/b26-24+. The lowest BCUT2D eigenvalue weighted by molar-refractivity contribution is -0.140. The van der Waals surface area contributed by atoms with Crippen LogP contribution in [0.1, 0.15) is 42.1 Å². The maximum Gasteiger partial charge on any atom is 0.416 e. The first-order valence-electron chi connectivity index (χ1n) is 11.8. The number of aliphatic hydroxyl groups excluding tert-OH is 1. The molecule has 6 nitrogen and oxygen atoms in total.